The molecule has 1 aliphatic heterocycles. The number of methoxy groups -OCH3 is 1. The molecule has 150 valence electrons. The zero-order valence-corrected chi connectivity index (χ0v) is 17.7. The van der Waals surface area contributed by atoms with Gasteiger partial charge in [-0.25, -0.2) is 0 Å². The second-order valence-electron chi connectivity index (χ2n) is 6.65. The van der Waals surface area contributed by atoms with Crippen LogP contribution in [0.2, 0.25) is 15.1 Å². The van der Waals surface area contributed by atoms with Crippen LogP contribution in [0.3, 0.4) is 0 Å². The number of nitrogens with zero attached hydrogens (tertiary/aromatic N) is 2. The van der Waals surface area contributed by atoms with Gasteiger partial charge in [-0.2, -0.15) is 0 Å². The number of aromatic hydroxyl groups is 1. The highest BCUT2D eigenvalue weighted by Gasteiger charge is 2.27. The third-order valence-electron chi connectivity index (χ3n) is 4.80. The van der Waals surface area contributed by atoms with Gasteiger partial charge in [0.1, 0.15) is 17.1 Å². The van der Waals surface area contributed by atoms with E-state index in [0.717, 1.165) is 25.3 Å². The summed E-state index contributed by atoms with van der Waals surface area (Å²) in [5, 5.41) is 10.4. The molecule has 1 saturated heterocycles. The third-order valence-corrected chi connectivity index (χ3v) is 5.88. The topological polar surface area (TPSA) is 53.0 Å². The van der Waals surface area contributed by atoms with Gasteiger partial charge in [0.2, 0.25) is 0 Å². The molecule has 0 aliphatic carbocycles. The quantitative estimate of drug-likeness (QED) is 0.695. The zero-order valence-electron chi connectivity index (χ0n) is 15.4. The first-order chi connectivity index (χ1) is 13.4. The normalized spacial score (nSPS) is 15.4. The Kier molecular flexibility index (Phi) is 6.94. The Labute approximate surface area is 179 Å². The molecule has 0 atom stereocenters. The van der Waals surface area contributed by atoms with Gasteiger partial charge in [0, 0.05) is 32.7 Å². The molecule has 3 rings (SSSR count). The Morgan fingerprint density at radius 3 is 2.46 bits per heavy atom. The highest BCUT2D eigenvalue weighted by atomic mass is 35.5. The Bertz CT molecular complexity index is 833. The predicted octanol–water partition coefficient (Wildman–Crippen LogP) is 4.71. The monoisotopic (exact) mass is 442 g/mol. The van der Waals surface area contributed by atoms with Gasteiger partial charge in [0.05, 0.1) is 22.2 Å². The number of hydrogen-bond acceptors (Lipinski definition) is 4. The third kappa shape index (κ3) is 4.66. The summed E-state index contributed by atoms with van der Waals surface area (Å²) in [5.41, 5.74) is 1.14. The molecule has 1 heterocycles. The van der Waals surface area contributed by atoms with E-state index in [1.807, 2.05) is 24.3 Å². The molecule has 2 aromatic carbocycles. The van der Waals surface area contributed by atoms with Gasteiger partial charge in [0.25, 0.3) is 5.91 Å². The second kappa shape index (κ2) is 9.23. The Morgan fingerprint density at radius 1 is 1.07 bits per heavy atom. The van der Waals surface area contributed by atoms with Gasteiger partial charge in [-0.05, 0) is 30.2 Å². The van der Waals surface area contributed by atoms with Crippen LogP contribution in [0.5, 0.6) is 11.5 Å². The lowest BCUT2D eigenvalue weighted by Crippen LogP contribution is -2.35. The zero-order chi connectivity index (χ0) is 20.3. The second-order valence-corrected chi connectivity index (χ2v) is 7.84. The smallest absolute Gasteiger partial charge is 0.259 e. The lowest BCUT2D eigenvalue weighted by Gasteiger charge is -2.23. The number of carbonyl (C=O) groups is 1. The van der Waals surface area contributed by atoms with Crippen molar-refractivity contribution in [2.75, 3.05) is 33.3 Å². The minimum atomic E-state index is -0.363. The standard InChI is InChI=1S/C20H21Cl3N2O3/c1-28-14-5-3-13(4-6-14)12-24-7-2-8-25(10-9-24)20(27)17-18(23)15(21)11-16(22)19(17)26/h3-6,11,26H,2,7-10,12H2,1H3. The van der Waals surface area contributed by atoms with Crippen LogP contribution in [0.1, 0.15) is 22.3 Å². The summed E-state index contributed by atoms with van der Waals surface area (Å²) in [4.78, 5) is 16.9. The largest absolute Gasteiger partial charge is 0.505 e. The molecule has 0 unspecified atom stereocenters. The van der Waals surface area contributed by atoms with E-state index < -0.39 is 0 Å². The van der Waals surface area contributed by atoms with Crippen molar-refractivity contribution in [3.63, 3.8) is 0 Å². The summed E-state index contributed by atoms with van der Waals surface area (Å²) in [6.07, 6.45) is 0.814. The Hall–Kier alpha value is -1.66. The average molecular weight is 444 g/mol. The molecular formula is C20H21Cl3N2O3. The summed E-state index contributed by atoms with van der Waals surface area (Å²) in [6, 6.07) is 9.29. The van der Waals surface area contributed by atoms with Crippen LogP contribution >= 0.6 is 34.8 Å². The average Bonchev–Trinajstić information content (AvgIpc) is 2.93. The molecule has 0 bridgehead atoms. The number of rotatable bonds is 4. The van der Waals surface area contributed by atoms with Crippen molar-refractivity contribution in [1.29, 1.82) is 0 Å². The summed E-state index contributed by atoms with van der Waals surface area (Å²) in [5.74, 6) is 0.131. The highest BCUT2D eigenvalue weighted by Crippen LogP contribution is 2.39. The Morgan fingerprint density at radius 2 is 1.79 bits per heavy atom. The van der Waals surface area contributed by atoms with Crippen LogP contribution < -0.4 is 4.74 Å². The van der Waals surface area contributed by atoms with Crippen LogP contribution in [0.15, 0.2) is 30.3 Å². The minimum Gasteiger partial charge on any atom is -0.505 e. The van der Waals surface area contributed by atoms with Crippen molar-refractivity contribution in [3.05, 3.63) is 56.5 Å². The van der Waals surface area contributed by atoms with E-state index in [9.17, 15) is 9.90 Å². The maximum absolute atomic E-state index is 13.0. The van der Waals surface area contributed by atoms with Crippen molar-refractivity contribution in [1.82, 2.24) is 9.80 Å². The van der Waals surface area contributed by atoms with E-state index in [4.69, 9.17) is 39.5 Å². The molecule has 0 saturated carbocycles. The number of phenols is 1. The summed E-state index contributed by atoms with van der Waals surface area (Å²) in [7, 11) is 1.65. The molecule has 1 amide bonds. The molecule has 0 aromatic heterocycles. The van der Waals surface area contributed by atoms with Crippen molar-refractivity contribution < 1.29 is 14.6 Å². The fourth-order valence-electron chi connectivity index (χ4n) is 3.26. The molecule has 0 spiro atoms. The van der Waals surface area contributed by atoms with E-state index in [1.165, 1.54) is 11.6 Å². The van der Waals surface area contributed by atoms with E-state index >= 15 is 0 Å². The predicted molar refractivity (Wildman–Crippen MR) is 112 cm³/mol. The summed E-state index contributed by atoms with van der Waals surface area (Å²) in [6.45, 7) is 3.46. The van der Waals surface area contributed by atoms with Crippen LogP contribution in [0, 0.1) is 0 Å². The van der Waals surface area contributed by atoms with Gasteiger partial charge < -0.3 is 14.7 Å². The van der Waals surface area contributed by atoms with Crippen LogP contribution in [-0.4, -0.2) is 54.1 Å². The van der Waals surface area contributed by atoms with Crippen molar-refractivity contribution in [2.45, 2.75) is 13.0 Å². The van der Waals surface area contributed by atoms with Crippen molar-refractivity contribution in [3.8, 4) is 11.5 Å². The summed E-state index contributed by atoms with van der Waals surface area (Å²) >= 11 is 18.2. The minimum absolute atomic E-state index is 0.00806. The van der Waals surface area contributed by atoms with E-state index in [1.54, 1.807) is 12.0 Å². The Balaban J connectivity index is 1.69. The maximum atomic E-state index is 13.0. The first kappa shape index (κ1) is 21.1. The fourth-order valence-corrected chi connectivity index (χ4v) is 3.95. The number of hydrogen-bond donors (Lipinski definition) is 1. The number of halogens is 3. The number of carbonyl (C=O) groups excluding carboxylic acids is 1. The fraction of sp³-hybridized carbons (Fsp3) is 0.350. The SMILES string of the molecule is COc1ccc(CN2CCCN(C(=O)c3c(O)c(Cl)cc(Cl)c3Cl)CC2)cc1. The lowest BCUT2D eigenvalue weighted by molar-refractivity contribution is 0.0758. The summed E-state index contributed by atoms with van der Waals surface area (Å²) < 4.78 is 5.19. The maximum Gasteiger partial charge on any atom is 0.259 e. The molecular weight excluding hydrogens is 423 g/mol. The molecule has 2 aromatic rings. The molecule has 5 nitrogen and oxygen atoms in total. The van der Waals surface area contributed by atoms with Gasteiger partial charge in [-0.3, -0.25) is 9.69 Å². The van der Waals surface area contributed by atoms with Gasteiger partial charge in [-0.15, -0.1) is 0 Å². The van der Waals surface area contributed by atoms with Gasteiger partial charge >= 0.3 is 0 Å². The highest BCUT2D eigenvalue weighted by molar-refractivity contribution is 6.45. The van der Waals surface area contributed by atoms with Gasteiger partial charge in [-0.1, -0.05) is 46.9 Å². The number of phenolic OH excluding ortho intramolecular Hbond substituents is 1. The number of benzene rings is 2. The van der Waals surface area contributed by atoms with Crippen LogP contribution in [-0.2, 0) is 6.54 Å². The van der Waals surface area contributed by atoms with Gasteiger partial charge in [0.15, 0.2) is 0 Å². The first-order valence-corrected chi connectivity index (χ1v) is 10.0. The van der Waals surface area contributed by atoms with E-state index in [2.05, 4.69) is 4.90 Å². The van der Waals surface area contributed by atoms with E-state index in [0.29, 0.717) is 19.6 Å². The molecule has 1 N–H and O–H groups in total. The lowest BCUT2D eigenvalue weighted by atomic mass is 10.1. The van der Waals surface area contributed by atoms with E-state index in [-0.39, 0.29) is 32.3 Å². The molecule has 1 fully saturated rings. The van der Waals surface area contributed by atoms with Crippen molar-refractivity contribution >= 4 is 40.7 Å². The molecule has 28 heavy (non-hydrogen) atoms. The molecule has 8 heteroatoms. The van der Waals surface area contributed by atoms with Crippen LogP contribution in [0.25, 0.3) is 0 Å². The van der Waals surface area contributed by atoms with Crippen LogP contribution in [0.4, 0.5) is 0 Å². The first-order valence-electron chi connectivity index (χ1n) is 8.91. The molecule has 0 radical (unpaired) electrons. The number of amides is 1. The number of ether oxygens (including phenoxy) is 1. The molecule has 1 aliphatic rings. The van der Waals surface area contributed by atoms with Crippen molar-refractivity contribution in [2.24, 2.45) is 0 Å².